The number of aryl methyl sites for hydroxylation is 1. The van der Waals surface area contributed by atoms with Crippen molar-refractivity contribution in [2.75, 3.05) is 27.9 Å². The molecule has 0 bridgehead atoms. The fourth-order valence-corrected chi connectivity index (χ4v) is 4.06. The highest BCUT2D eigenvalue weighted by Crippen LogP contribution is 2.38. The molecule has 0 aliphatic heterocycles. The highest BCUT2D eigenvalue weighted by molar-refractivity contribution is 5.95. The Morgan fingerprint density at radius 3 is 2.38 bits per heavy atom. The van der Waals surface area contributed by atoms with Crippen LogP contribution in [0, 0.1) is 5.92 Å². The van der Waals surface area contributed by atoms with Crippen LogP contribution in [0.1, 0.15) is 55.7 Å². The van der Waals surface area contributed by atoms with Crippen LogP contribution >= 0.6 is 0 Å². The number of ether oxygens (including phenoxy) is 3. The minimum Gasteiger partial charge on any atom is -0.493 e. The summed E-state index contributed by atoms with van der Waals surface area (Å²) < 4.78 is 18.4. The summed E-state index contributed by atoms with van der Waals surface area (Å²) >= 11 is 0. The van der Waals surface area contributed by atoms with E-state index in [0.29, 0.717) is 35.3 Å². The first-order chi connectivity index (χ1) is 16.5. The van der Waals surface area contributed by atoms with Gasteiger partial charge < -0.3 is 24.1 Å². The molecule has 1 N–H and O–H groups in total. The Labute approximate surface area is 202 Å². The molecule has 1 aromatic heterocycles. The van der Waals surface area contributed by atoms with Crippen molar-refractivity contribution in [2.24, 2.45) is 5.92 Å². The number of amides is 1. The number of benzene rings is 2. The van der Waals surface area contributed by atoms with Crippen LogP contribution in [-0.2, 0) is 13.0 Å². The first kappa shape index (κ1) is 25.4. The van der Waals surface area contributed by atoms with E-state index >= 15 is 0 Å². The number of carbonyl (C=O) groups is 1. The topological polar surface area (TPSA) is 74.6 Å². The normalized spacial score (nSPS) is 11.9. The van der Waals surface area contributed by atoms with Crippen molar-refractivity contribution in [3.63, 3.8) is 0 Å². The molecule has 7 nitrogen and oxygen atoms in total. The second-order valence-corrected chi connectivity index (χ2v) is 8.62. The van der Waals surface area contributed by atoms with Gasteiger partial charge in [-0.2, -0.15) is 0 Å². The molecule has 184 valence electrons. The van der Waals surface area contributed by atoms with Gasteiger partial charge in [-0.05, 0) is 43.0 Å². The van der Waals surface area contributed by atoms with Crippen molar-refractivity contribution in [1.29, 1.82) is 0 Å². The lowest BCUT2D eigenvalue weighted by atomic mass is 10.1. The Morgan fingerprint density at radius 1 is 1.03 bits per heavy atom. The van der Waals surface area contributed by atoms with E-state index in [1.54, 1.807) is 19.2 Å². The molecule has 0 aliphatic carbocycles. The molecule has 1 atom stereocenters. The van der Waals surface area contributed by atoms with Crippen molar-refractivity contribution in [3.05, 3.63) is 47.8 Å². The molecule has 0 aliphatic rings. The Morgan fingerprint density at radius 2 is 1.74 bits per heavy atom. The van der Waals surface area contributed by atoms with Crippen molar-refractivity contribution < 1.29 is 19.0 Å². The lowest BCUT2D eigenvalue weighted by molar-refractivity contribution is 0.0952. The van der Waals surface area contributed by atoms with E-state index in [1.807, 2.05) is 6.07 Å². The van der Waals surface area contributed by atoms with Gasteiger partial charge in [-0.25, -0.2) is 4.98 Å². The zero-order valence-electron chi connectivity index (χ0n) is 21.0. The number of para-hydroxylation sites is 2. The number of nitrogens with one attached hydrogen (secondary N) is 1. The van der Waals surface area contributed by atoms with E-state index in [0.717, 1.165) is 50.0 Å². The maximum absolute atomic E-state index is 12.6. The Bertz CT molecular complexity index is 1070. The molecule has 0 saturated carbocycles. The number of hydrogen-bond acceptors (Lipinski definition) is 5. The quantitative estimate of drug-likeness (QED) is 0.348. The van der Waals surface area contributed by atoms with Gasteiger partial charge in [-0.1, -0.05) is 38.8 Å². The third kappa shape index (κ3) is 6.01. The molecule has 0 radical (unpaired) electrons. The number of imidazole rings is 1. The van der Waals surface area contributed by atoms with Crippen LogP contribution in [0.5, 0.6) is 17.2 Å². The molecule has 0 fully saturated rings. The van der Waals surface area contributed by atoms with E-state index in [4.69, 9.17) is 19.2 Å². The van der Waals surface area contributed by atoms with E-state index in [9.17, 15) is 4.79 Å². The third-order valence-corrected chi connectivity index (χ3v) is 6.21. The van der Waals surface area contributed by atoms with Gasteiger partial charge in [0.2, 0.25) is 5.75 Å². The number of methoxy groups -OCH3 is 3. The summed E-state index contributed by atoms with van der Waals surface area (Å²) in [7, 11) is 4.62. The van der Waals surface area contributed by atoms with Crippen LogP contribution in [0.2, 0.25) is 0 Å². The van der Waals surface area contributed by atoms with Gasteiger partial charge in [0.25, 0.3) is 5.91 Å². The van der Waals surface area contributed by atoms with Crippen LogP contribution in [-0.4, -0.2) is 43.3 Å². The number of nitrogens with zero attached hydrogens (tertiary/aromatic N) is 2. The largest absolute Gasteiger partial charge is 0.493 e. The molecule has 3 rings (SSSR count). The Kier molecular flexibility index (Phi) is 9.19. The smallest absolute Gasteiger partial charge is 0.251 e. The average Bonchev–Trinajstić information content (AvgIpc) is 3.21. The van der Waals surface area contributed by atoms with Gasteiger partial charge >= 0.3 is 0 Å². The van der Waals surface area contributed by atoms with Crippen molar-refractivity contribution in [3.8, 4) is 17.2 Å². The minimum absolute atomic E-state index is 0.158. The Balaban J connectivity index is 1.52. The molecule has 34 heavy (non-hydrogen) atoms. The maximum atomic E-state index is 12.6. The monoisotopic (exact) mass is 467 g/mol. The van der Waals surface area contributed by atoms with Gasteiger partial charge in [0.05, 0.1) is 32.4 Å². The van der Waals surface area contributed by atoms with Gasteiger partial charge in [0, 0.05) is 25.1 Å². The van der Waals surface area contributed by atoms with E-state index in [-0.39, 0.29) is 5.91 Å². The molecule has 0 saturated heterocycles. The van der Waals surface area contributed by atoms with Gasteiger partial charge in [-0.3, -0.25) is 4.79 Å². The molecule has 0 spiro atoms. The third-order valence-electron chi connectivity index (χ3n) is 6.21. The Hall–Kier alpha value is -3.22. The molecule has 1 unspecified atom stereocenters. The van der Waals surface area contributed by atoms with E-state index in [2.05, 4.69) is 41.9 Å². The zero-order chi connectivity index (χ0) is 24.5. The molecule has 1 amide bonds. The second-order valence-electron chi connectivity index (χ2n) is 8.62. The standard InChI is InChI=1S/C27H37N3O4/c1-6-19(2)18-30-22-13-10-9-12-21(22)29-25(30)14-8-7-11-15-28-27(31)20-16-23(32-3)26(34-5)24(17-20)33-4/h9-10,12-13,16-17,19H,6-8,11,14-15,18H2,1-5H3,(H,28,31). The van der Waals surface area contributed by atoms with E-state index < -0.39 is 0 Å². The summed E-state index contributed by atoms with van der Waals surface area (Å²) in [6.45, 7) is 6.13. The minimum atomic E-state index is -0.158. The first-order valence-corrected chi connectivity index (χ1v) is 12.0. The maximum Gasteiger partial charge on any atom is 0.251 e. The lowest BCUT2D eigenvalue weighted by Crippen LogP contribution is -2.24. The molecule has 7 heteroatoms. The summed E-state index contributed by atoms with van der Waals surface area (Å²) in [6.07, 6.45) is 5.04. The van der Waals surface area contributed by atoms with Gasteiger partial charge in [-0.15, -0.1) is 0 Å². The van der Waals surface area contributed by atoms with Crippen LogP contribution < -0.4 is 19.5 Å². The number of hydrogen-bond donors (Lipinski definition) is 1. The van der Waals surface area contributed by atoms with Crippen LogP contribution in [0.25, 0.3) is 11.0 Å². The predicted molar refractivity (Wildman–Crippen MR) is 135 cm³/mol. The molecule has 3 aromatic rings. The van der Waals surface area contributed by atoms with Crippen molar-refractivity contribution in [2.45, 2.75) is 52.5 Å². The number of aromatic nitrogens is 2. The molecular weight excluding hydrogens is 430 g/mol. The summed E-state index contributed by atoms with van der Waals surface area (Å²) in [5.74, 6) is 3.01. The number of unbranched alkanes of at least 4 members (excludes halogenated alkanes) is 2. The van der Waals surface area contributed by atoms with Crippen LogP contribution in [0.15, 0.2) is 36.4 Å². The fourth-order valence-electron chi connectivity index (χ4n) is 4.06. The highest BCUT2D eigenvalue weighted by Gasteiger charge is 2.17. The highest BCUT2D eigenvalue weighted by atomic mass is 16.5. The van der Waals surface area contributed by atoms with Crippen LogP contribution in [0.4, 0.5) is 0 Å². The number of fused-ring (bicyclic) bond motifs is 1. The summed E-state index contributed by atoms with van der Waals surface area (Å²) in [5, 5.41) is 2.99. The van der Waals surface area contributed by atoms with Crippen molar-refractivity contribution >= 4 is 16.9 Å². The second kappa shape index (κ2) is 12.3. The summed E-state index contributed by atoms with van der Waals surface area (Å²) in [5.41, 5.74) is 2.77. The van der Waals surface area contributed by atoms with Gasteiger partial charge in [0.1, 0.15) is 5.82 Å². The van der Waals surface area contributed by atoms with E-state index in [1.165, 1.54) is 19.7 Å². The average molecular weight is 468 g/mol. The SMILES string of the molecule is CCC(C)Cn1c(CCCCCNC(=O)c2cc(OC)c(OC)c(OC)c2)nc2ccccc21. The summed E-state index contributed by atoms with van der Waals surface area (Å²) in [4.78, 5) is 17.5. The molecule has 1 heterocycles. The number of rotatable bonds is 13. The summed E-state index contributed by atoms with van der Waals surface area (Å²) in [6, 6.07) is 11.7. The molecule has 2 aromatic carbocycles. The fraction of sp³-hybridized carbons (Fsp3) is 0.481. The van der Waals surface area contributed by atoms with Crippen molar-refractivity contribution in [1.82, 2.24) is 14.9 Å². The zero-order valence-corrected chi connectivity index (χ0v) is 21.0. The van der Waals surface area contributed by atoms with Crippen LogP contribution in [0.3, 0.4) is 0 Å². The predicted octanol–water partition coefficient (Wildman–Crippen LogP) is 5.25. The molecular formula is C27H37N3O4. The lowest BCUT2D eigenvalue weighted by Gasteiger charge is -2.14. The number of carbonyl (C=O) groups excluding carboxylic acids is 1. The van der Waals surface area contributed by atoms with Gasteiger partial charge in [0.15, 0.2) is 11.5 Å². The first-order valence-electron chi connectivity index (χ1n) is 12.0.